The maximum atomic E-state index is 9.38. The van der Waals surface area contributed by atoms with Gasteiger partial charge >= 0.3 is 0 Å². The zero-order valence-corrected chi connectivity index (χ0v) is 9.80. The molecule has 0 amide bonds. The van der Waals surface area contributed by atoms with Crippen molar-refractivity contribution in [2.45, 2.75) is 44.5 Å². The number of aliphatic hydroxyl groups excluding tert-OH is 1. The lowest BCUT2D eigenvalue weighted by Crippen LogP contribution is -2.24. The van der Waals surface area contributed by atoms with Crippen LogP contribution in [0.4, 0.5) is 0 Å². The molecule has 0 radical (unpaired) electrons. The normalized spacial score (nSPS) is 24.2. The number of nitrogens with zero attached hydrogens (tertiary/aromatic N) is 1. The van der Waals surface area contributed by atoms with Crippen LogP contribution in [0.5, 0.6) is 0 Å². The molecule has 3 nitrogen and oxygen atoms in total. The maximum absolute atomic E-state index is 9.38. The molecule has 1 fully saturated rings. The van der Waals surface area contributed by atoms with Crippen LogP contribution in [-0.2, 0) is 11.3 Å². The van der Waals surface area contributed by atoms with E-state index in [2.05, 4.69) is 6.07 Å². The molecule has 0 heterocycles. The van der Waals surface area contributed by atoms with Gasteiger partial charge in [0.1, 0.15) is 0 Å². The molecule has 1 aliphatic carbocycles. The molecule has 2 rings (SSSR count). The van der Waals surface area contributed by atoms with E-state index in [4.69, 9.17) is 10.00 Å². The zero-order valence-electron chi connectivity index (χ0n) is 9.80. The number of hydrogen-bond donors (Lipinski definition) is 1. The highest BCUT2D eigenvalue weighted by Crippen LogP contribution is 2.22. The summed E-state index contributed by atoms with van der Waals surface area (Å²) in [7, 11) is 0. The van der Waals surface area contributed by atoms with Crippen molar-refractivity contribution < 1.29 is 9.84 Å². The molecule has 1 aromatic carbocycles. The first-order chi connectivity index (χ1) is 8.28. The number of ether oxygens (including phenoxy) is 1. The quantitative estimate of drug-likeness (QED) is 0.869. The lowest BCUT2D eigenvalue weighted by atomic mass is 9.95. The molecule has 1 saturated carbocycles. The minimum atomic E-state index is -0.134. The second kappa shape index (κ2) is 5.81. The van der Waals surface area contributed by atoms with Crippen molar-refractivity contribution in [2.24, 2.45) is 0 Å². The lowest BCUT2D eigenvalue weighted by Gasteiger charge is -2.25. The third-order valence-corrected chi connectivity index (χ3v) is 3.21. The fraction of sp³-hybridized carbons (Fsp3) is 0.500. The van der Waals surface area contributed by atoms with Crippen LogP contribution in [0.2, 0.25) is 0 Å². The molecule has 0 spiro atoms. The molecule has 90 valence electrons. The molecule has 17 heavy (non-hydrogen) atoms. The molecule has 0 aliphatic heterocycles. The summed E-state index contributed by atoms with van der Waals surface area (Å²) in [5.41, 5.74) is 1.77. The average Bonchev–Trinajstić information content (AvgIpc) is 2.39. The van der Waals surface area contributed by atoms with E-state index in [9.17, 15) is 5.11 Å². The van der Waals surface area contributed by atoms with Crippen molar-refractivity contribution in [3.8, 4) is 6.07 Å². The summed E-state index contributed by atoms with van der Waals surface area (Å²) in [4.78, 5) is 0. The third kappa shape index (κ3) is 3.55. The van der Waals surface area contributed by atoms with Gasteiger partial charge in [0.25, 0.3) is 0 Å². The predicted octanol–water partition coefficient (Wildman–Crippen LogP) is 2.38. The fourth-order valence-corrected chi connectivity index (χ4v) is 2.10. The van der Waals surface area contributed by atoms with Gasteiger partial charge in [-0.15, -0.1) is 0 Å². The largest absolute Gasteiger partial charge is 0.393 e. The van der Waals surface area contributed by atoms with E-state index in [0.717, 1.165) is 31.2 Å². The van der Waals surface area contributed by atoms with Gasteiger partial charge in [-0.3, -0.25) is 0 Å². The Morgan fingerprint density at radius 2 is 1.82 bits per heavy atom. The molecule has 3 heteroatoms. The molecule has 0 unspecified atom stereocenters. The van der Waals surface area contributed by atoms with Crippen molar-refractivity contribution >= 4 is 0 Å². The van der Waals surface area contributed by atoms with E-state index in [1.807, 2.05) is 24.3 Å². The van der Waals surface area contributed by atoms with Gasteiger partial charge in [0.15, 0.2) is 0 Å². The number of aliphatic hydroxyl groups is 1. The minimum absolute atomic E-state index is 0.134. The van der Waals surface area contributed by atoms with Gasteiger partial charge in [-0.05, 0) is 43.4 Å². The highest BCUT2D eigenvalue weighted by molar-refractivity contribution is 5.31. The minimum Gasteiger partial charge on any atom is -0.393 e. The van der Waals surface area contributed by atoms with Gasteiger partial charge in [0.2, 0.25) is 0 Å². The van der Waals surface area contributed by atoms with Crippen molar-refractivity contribution in [3.63, 3.8) is 0 Å². The monoisotopic (exact) mass is 231 g/mol. The third-order valence-electron chi connectivity index (χ3n) is 3.21. The Morgan fingerprint density at radius 3 is 2.41 bits per heavy atom. The van der Waals surface area contributed by atoms with Crippen molar-refractivity contribution in [1.29, 1.82) is 5.26 Å². The van der Waals surface area contributed by atoms with Crippen LogP contribution in [-0.4, -0.2) is 17.3 Å². The number of benzene rings is 1. The lowest BCUT2D eigenvalue weighted by molar-refractivity contribution is -0.0118. The summed E-state index contributed by atoms with van der Waals surface area (Å²) < 4.78 is 5.80. The van der Waals surface area contributed by atoms with E-state index in [1.165, 1.54) is 0 Å². The molecular weight excluding hydrogens is 214 g/mol. The zero-order chi connectivity index (χ0) is 12.1. The van der Waals surface area contributed by atoms with Crippen LogP contribution >= 0.6 is 0 Å². The summed E-state index contributed by atoms with van der Waals surface area (Å²) in [6.45, 7) is 0.590. The average molecular weight is 231 g/mol. The first-order valence-corrected chi connectivity index (χ1v) is 6.06. The Morgan fingerprint density at radius 1 is 1.18 bits per heavy atom. The van der Waals surface area contributed by atoms with Crippen LogP contribution in [0.1, 0.15) is 36.8 Å². The highest BCUT2D eigenvalue weighted by atomic mass is 16.5. The summed E-state index contributed by atoms with van der Waals surface area (Å²) in [5, 5.41) is 18.1. The van der Waals surface area contributed by atoms with Crippen molar-refractivity contribution in [1.82, 2.24) is 0 Å². The Bertz CT molecular complexity index is 386. The fourth-order valence-electron chi connectivity index (χ4n) is 2.10. The summed E-state index contributed by atoms with van der Waals surface area (Å²) >= 11 is 0. The second-order valence-corrected chi connectivity index (χ2v) is 4.55. The van der Waals surface area contributed by atoms with Gasteiger partial charge in [-0.1, -0.05) is 12.1 Å². The first kappa shape index (κ1) is 12.1. The van der Waals surface area contributed by atoms with E-state index in [0.29, 0.717) is 12.2 Å². The number of rotatable bonds is 3. The highest BCUT2D eigenvalue weighted by Gasteiger charge is 2.19. The van der Waals surface area contributed by atoms with E-state index >= 15 is 0 Å². The van der Waals surface area contributed by atoms with Crippen LogP contribution in [0.15, 0.2) is 24.3 Å². The molecule has 1 aromatic rings. The van der Waals surface area contributed by atoms with Gasteiger partial charge in [0.05, 0.1) is 30.4 Å². The molecule has 0 aromatic heterocycles. The Kier molecular flexibility index (Phi) is 4.13. The van der Waals surface area contributed by atoms with E-state index in [1.54, 1.807) is 0 Å². The first-order valence-electron chi connectivity index (χ1n) is 6.06. The molecular formula is C14H17NO2. The van der Waals surface area contributed by atoms with Crippen LogP contribution in [0.3, 0.4) is 0 Å². The number of hydrogen-bond acceptors (Lipinski definition) is 3. The standard InChI is InChI=1S/C14H17NO2/c15-9-11-1-3-12(4-2-11)10-17-14-7-5-13(16)6-8-14/h1-4,13-14,16H,5-8,10H2. The maximum Gasteiger partial charge on any atom is 0.0991 e. The van der Waals surface area contributed by atoms with E-state index in [-0.39, 0.29) is 12.2 Å². The van der Waals surface area contributed by atoms with Gasteiger partial charge in [-0.25, -0.2) is 0 Å². The number of nitriles is 1. The molecule has 0 bridgehead atoms. The van der Waals surface area contributed by atoms with E-state index < -0.39 is 0 Å². The molecule has 0 saturated heterocycles. The smallest absolute Gasteiger partial charge is 0.0991 e. The Balaban J connectivity index is 1.79. The molecule has 1 aliphatic rings. The van der Waals surface area contributed by atoms with Gasteiger partial charge in [-0.2, -0.15) is 5.26 Å². The topological polar surface area (TPSA) is 53.2 Å². The van der Waals surface area contributed by atoms with Crippen LogP contribution < -0.4 is 0 Å². The van der Waals surface area contributed by atoms with Crippen molar-refractivity contribution in [2.75, 3.05) is 0 Å². The summed E-state index contributed by atoms with van der Waals surface area (Å²) in [6.07, 6.45) is 3.71. The Labute approximate surface area is 102 Å². The second-order valence-electron chi connectivity index (χ2n) is 4.55. The van der Waals surface area contributed by atoms with Crippen LogP contribution in [0.25, 0.3) is 0 Å². The summed E-state index contributed by atoms with van der Waals surface area (Å²) in [6, 6.07) is 9.57. The van der Waals surface area contributed by atoms with Crippen LogP contribution in [0, 0.1) is 11.3 Å². The predicted molar refractivity (Wildman–Crippen MR) is 64.2 cm³/mol. The van der Waals surface area contributed by atoms with Gasteiger partial charge in [0, 0.05) is 0 Å². The summed E-state index contributed by atoms with van der Waals surface area (Å²) in [5.74, 6) is 0. The molecule has 1 N–H and O–H groups in total. The molecule has 0 atom stereocenters. The van der Waals surface area contributed by atoms with Gasteiger partial charge < -0.3 is 9.84 Å². The Hall–Kier alpha value is -1.37. The SMILES string of the molecule is N#Cc1ccc(COC2CCC(O)CC2)cc1. The van der Waals surface area contributed by atoms with Crippen molar-refractivity contribution in [3.05, 3.63) is 35.4 Å².